The van der Waals surface area contributed by atoms with Crippen LogP contribution < -0.4 is 10.6 Å². The van der Waals surface area contributed by atoms with Gasteiger partial charge in [0.25, 0.3) is 0 Å². The highest BCUT2D eigenvalue weighted by molar-refractivity contribution is 6.31. The van der Waals surface area contributed by atoms with E-state index in [1.807, 2.05) is 18.2 Å². The van der Waals surface area contributed by atoms with Crippen molar-refractivity contribution in [1.29, 1.82) is 0 Å². The minimum Gasteiger partial charge on any atom is -0.369 e. The molecule has 0 bridgehead atoms. The third-order valence-electron chi connectivity index (χ3n) is 4.97. The van der Waals surface area contributed by atoms with Gasteiger partial charge in [0, 0.05) is 51.2 Å². The van der Waals surface area contributed by atoms with Gasteiger partial charge in [-0.3, -0.25) is 9.30 Å². The van der Waals surface area contributed by atoms with Crippen LogP contribution in [0.3, 0.4) is 0 Å². The van der Waals surface area contributed by atoms with Gasteiger partial charge in [0.1, 0.15) is 5.82 Å². The zero-order valence-electron chi connectivity index (χ0n) is 14.9. The normalized spacial score (nSPS) is 15.6. The second kappa shape index (κ2) is 7.70. The van der Waals surface area contributed by atoms with Crippen molar-refractivity contribution < 1.29 is 4.39 Å². The van der Waals surface area contributed by atoms with Gasteiger partial charge in [0.15, 0.2) is 5.65 Å². The van der Waals surface area contributed by atoms with Gasteiger partial charge in [-0.25, -0.2) is 13.9 Å². The van der Waals surface area contributed by atoms with E-state index in [4.69, 9.17) is 11.6 Å². The van der Waals surface area contributed by atoms with Crippen molar-refractivity contribution >= 4 is 22.9 Å². The highest BCUT2D eigenvalue weighted by atomic mass is 35.5. The minimum absolute atomic E-state index is 0.0939. The largest absolute Gasteiger partial charge is 0.369 e. The second-order valence-corrected chi connectivity index (χ2v) is 7.12. The number of nitrogens with zero attached hydrogens (tertiary/aromatic N) is 5. The summed E-state index contributed by atoms with van der Waals surface area (Å²) in [5.41, 5.74) is 1.54. The Bertz CT molecular complexity index is 993. The summed E-state index contributed by atoms with van der Waals surface area (Å²) in [6.45, 7) is 5.11. The number of pyridine rings is 1. The first-order chi connectivity index (χ1) is 13.1. The Morgan fingerprint density at radius 3 is 2.63 bits per heavy atom. The summed E-state index contributed by atoms with van der Waals surface area (Å²) in [6.07, 6.45) is 2.61. The van der Waals surface area contributed by atoms with E-state index in [1.54, 1.807) is 22.7 Å². The van der Waals surface area contributed by atoms with Gasteiger partial charge in [-0.05, 0) is 36.8 Å². The summed E-state index contributed by atoms with van der Waals surface area (Å²) in [5.74, 6) is -0.388. The lowest BCUT2D eigenvalue weighted by Gasteiger charge is -2.36. The average molecular weight is 390 g/mol. The minimum atomic E-state index is -0.388. The van der Waals surface area contributed by atoms with Crippen molar-refractivity contribution in [3.8, 4) is 0 Å². The number of hydrogen-bond acceptors (Lipinski definition) is 4. The number of rotatable bonds is 5. The van der Waals surface area contributed by atoms with E-state index in [2.05, 4.69) is 14.9 Å². The molecule has 0 radical (unpaired) electrons. The van der Waals surface area contributed by atoms with Gasteiger partial charge in [-0.1, -0.05) is 17.7 Å². The molecule has 3 heterocycles. The molecule has 0 amide bonds. The molecule has 1 aliphatic rings. The quantitative estimate of drug-likeness (QED) is 0.672. The number of aryl methyl sites for hydroxylation is 1. The second-order valence-electron chi connectivity index (χ2n) is 6.72. The van der Waals surface area contributed by atoms with Crippen molar-refractivity contribution in [3.05, 3.63) is 63.9 Å². The third-order valence-corrected chi connectivity index (χ3v) is 5.26. The number of halogens is 2. The van der Waals surface area contributed by atoms with Gasteiger partial charge in [-0.15, -0.1) is 5.10 Å². The Morgan fingerprint density at radius 2 is 1.89 bits per heavy atom. The topological polar surface area (TPSA) is 45.8 Å². The fourth-order valence-corrected chi connectivity index (χ4v) is 3.64. The molecule has 27 heavy (non-hydrogen) atoms. The van der Waals surface area contributed by atoms with Crippen LogP contribution in [0.2, 0.25) is 5.02 Å². The molecule has 2 aromatic heterocycles. The first kappa shape index (κ1) is 18.0. The number of piperazine rings is 1. The Labute approximate surface area is 161 Å². The standard InChI is InChI=1S/C19H21ClFN5O/c20-16-14-15(5-6-17(16)21)24-12-10-23(11-13-24)7-3-9-26-19(27)25-8-2-1-4-18(25)22-26/h1-2,4-6,8,14H,3,7,9-13H2. The van der Waals surface area contributed by atoms with Gasteiger partial charge in [0.05, 0.1) is 5.02 Å². The molecule has 0 aliphatic carbocycles. The van der Waals surface area contributed by atoms with E-state index in [0.717, 1.165) is 44.8 Å². The fraction of sp³-hybridized carbons (Fsp3) is 0.368. The SMILES string of the molecule is O=c1n(CCCN2CCN(c3ccc(F)c(Cl)c3)CC2)nc2ccccn12. The molecule has 1 aromatic carbocycles. The smallest absolute Gasteiger partial charge is 0.350 e. The lowest BCUT2D eigenvalue weighted by Crippen LogP contribution is -2.46. The number of hydrogen-bond donors (Lipinski definition) is 0. The van der Waals surface area contributed by atoms with E-state index in [9.17, 15) is 9.18 Å². The molecule has 3 aromatic rings. The number of anilines is 1. The fourth-order valence-electron chi connectivity index (χ4n) is 3.47. The van der Waals surface area contributed by atoms with Crippen LogP contribution in [0.25, 0.3) is 5.65 Å². The van der Waals surface area contributed by atoms with Crippen molar-refractivity contribution in [3.63, 3.8) is 0 Å². The first-order valence-corrected chi connectivity index (χ1v) is 9.46. The lowest BCUT2D eigenvalue weighted by molar-refractivity contribution is 0.248. The maximum atomic E-state index is 13.3. The van der Waals surface area contributed by atoms with Crippen LogP contribution in [0.4, 0.5) is 10.1 Å². The lowest BCUT2D eigenvalue weighted by atomic mass is 10.2. The highest BCUT2D eigenvalue weighted by Crippen LogP contribution is 2.23. The molecule has 0 spiro atoms. The predicted molar refractivity (Wildman–Crippen MR) is 104 cm³/mol. The summed E-state index contributed by atoms with van der Waals surface area (Å²) in [7, 11) is 0. The average Bonchev–Trinajstić information content (AvgIpc) is 3.01. The molecule has 1 aliphatic heterocycles. The van der Waals surface area contributed by atoms with Gasteiger partial charge < -0.3 is 4.90 Å². The van der Waals surface area contributed by atoms with Gasteiger partial charge in [0.2, 0.25) is 0 Å². The zero-order chi connectivity index (χ0) is 18.8. The Hall–Kier alpha value is -2.38. The Morgan fingerprint density at radius 1 is 1.07 bits per heavy atom. The molecule has 8 heteroatoms. The van der Waals surface area contributed by atoms with E-state index in [1.165, 1.54) is 10.7 Å². The van der Waals surface area contributed by atoms with Crippen LogP contribution in [0.5, 0.6) is 0 Å². The zero-order valence-corrected chi connectivity index (χ0v) is 15.6. The Balaban J connectivity index is 1.28. The number of fused-ring (bicyclic) bond motifs is 1. The molecule has 1 fully saturated rings. The van der Waals surface area contributed by atoms with E-state index in [-0.39, 0.29) is 16.5 Å². The molecule has 0 N–H and O–H groups in total. The van der Waals surface area contributed by atoms with Crippen LogP contribution in [0, 0.1) is 5.82 Å². The highest BCUT2D eigenvalue weighted by Gasteiger charge is 2.18. The molecular formula is C19H21ClFN5O. The van der Waals surface area contributed by atoms with Crippen LogP contribution >= 0.6 is 11.6 Å². The first-order valence-electron chi connectivity index (χ1n) is 9.08. The van der Waals surface area contributed by atoms with Crippen molar-refractivity contribution in [2.45, 2.75) is 13.0 Å². The molecule has 1 saturated heterocycles. The van der Waals surface area contributed by atoms with E-state index < -0.39 is 0 Å². The molecule has 6 nitrogen and oxygen atoms in total. The van der Waals surface area contributed by atoms with E-state index in [0.29, 0.717) is 12.2 Å². The molecule has 0 unspecified atom stereocenters. The number of aromatic nitrogens is 3. The summed E-state index contributed by atoms with van der Waals surface area (Å²) in [6, 6.07) is 10.4. The number of benzene rings is 1. The maximum absolute atomic E-state index is 13.3. The maximum Gasteiger partial charge on any atom is 0.350 e. The summed E-state index contributed by atoms with van der Waals surface area (Å²) in [4.78, 5) is 16.9. The third kappa shape index (κ3) is 3.84. The van der Waals surface area contributed by atoms with Crippen LogP contribution in [0.15, 0.2) is 47.4 Å². The van der Waals surface area contributed by atoms with Crippen LogP contribution in [0.1, 0.15) is 6.42 Å². The molecule has 0 saturated carbocycles. The van der Waals surface area contributed by atoms with Crippen molar-refractivity contribution in [1.82, 2.24) is 19.1 Å². The molecular weight excluding hydrogens is 369 g/mol. The molecule has 0 atom stereocenters. The van der Waals surface area contributed by atoms with Gasteiger partial charge in [-0.2, -0.15) is 0 Å². The summed E-state index contributed by atoms with van der Waals surface area (Å²) < 4.78 is 16.4. The Kier molecular flexibility index (Phi) is 5.13. The monoisotopic (exact) mass is 389 g/mol. The molecule has 142 valence electrons. The summed E-state index contributed by atoms with van der Waals surface area (Å²) >= 11 is 5.88. The van der Waals surface area contributed by atoms with Crippen LogP contribution in [-0.4, -0.2) is 51.8 Å². The molecule has 4 rings (SSSR count). The van der Waals surface area contributed by atoms with Crippen molar-refractivity contribution in [2.24, 2.45) is 0 Å². The van der Waals surface area contributed by atoms with Crippen LogP contribution in [-0.2, 0) is 6.54 Å². The van der Waals surface area contributed by atoms with Gasteiger partial charge >= 0.3 is 5.69 Å². The van der Waals surface area contributed by atoms with E-state index >= 15 is 0 Å². The summed E-state index contributed by atoms with van der Waals surface area (Å²) in [5, 5.41) is 4.52. The predicted octanol–water partition coefficient (Wildman–Crippen LogP) is 2.50. The van der Waals surface area contributed by atoms with Crippen molar-refractivity contribution in [2.75, 3.05) is 37.6 Å².